The van der Waals surface area contributed by atoms with Crippen molar-refractivity contribution in [3.8, 4) is 0 Å². The van der Waals surface area contributed by atoms with Crippen molar-refractivity contribution >= 4 is 23.6 Å². The first-order valence-corrected chi connectivity index (χ1v) is 7.55. The molecule has 1 aliphatic heterocycles. The van der Waals surface area contributed by atoms with Gasteiger partial charge in [-0.15, -0.1) is 0 Å². The molecule has 0 bridgehead atoms. The van der Waals surface area contributed by atoms with Crippen molar-refractivity contribution in [2.75, 3.05) is 11.4 Å². The standard InChI is InChI=1S/C15H16N6O4/c22-13(8-17-15(24)25)21-11-4-2-1-3-9(11)5-12(21)14(23)16-6-10-7-18-20-19-10/h1-4,7,12,17H,5-6,8H2,(H,16,23)(H,24,25)(H,18,19,20). The van der Waals surface area contributed by atoms with Gasteiger partial charge in [-0.05, 0) is 11.6 Å². The molecule has 1 aliphatic rings. The molecule has 10 nitrogen and oxygen atoms in total. The van der Waals surface area contributed by atoms with Crippen molar-refractivity contribution in [3.05, 3.63) is 41.7 Å². The normalized spacial score (nSPS) is 15.5. The van der Waals surface area contributed by atoms with E-state index in [4.69, 9.17) is 5.11 Å². The van der Waals surface area contributed by atoms with Crippen molar-refractivity contribution in [2.24, 2.45) is 0 Å². The number of nitrogens with one attached hydrogen (secondary N) is 3. The molecule has 4 N–H and O–H groups in total. The Morgan fingerprint density at radius 2 is 2.08 bits per heavy atom. The third-order valence-corrected chi connectivity index (χ3v) is 3.85. The van der Waals surface area contributed by atoms with Gasteiger partial charge in [0.2, 0.25) is 11.8 Å². The Morgan fingerprint density at radius 3 is 2.80 bits per heavy atom. The van der Waals surface area contributed by atoms with Crippen molar-refractivity contribution in [1.82, 2.24) is 26.0 Å². The van der Waals surface area contributed by atoms with Gasteiger partial charge in [-0.1, -0.05) is 18.2 Å². The Bertz CT molecular complexity index is 791. The van der Waals surface area contributed by atoms with E-state index in [0.29, 0.717) is 17.8 Å². The van der Waals surface area contributed by atoms with Crippen molar-refractivity contribution in [2.45, 2.75) is 19.0 Å². The highest BCUT2D eigenvalue weighted by Crippen LogP contribution is 2.32. The summed E-state index contributed by atoms with van der Waals surface area (Å²) in [7, 11) is 0. The molecule has 0 saturated heterocycles. The third-order valence-electron chi connectivity index (χ3n) is 3.85. The fraction of sp³-hybridized carbons (Fsp3) is 0.267. The van der Waals surface area contributed by atoms with Gasteiger partial charge in [0.25, 0.3) is 0 Å². The minimum atomic E-state index is -1.30. The average Bonchev–Trinajstić information content (AvgIpc) is 3.24. The molecule has 3 rings (SSSR count). The van der Waals surface area contributed by atoms with E-state index in [-0.39, 0.29) is 12.5 Å². The molecule has 0 radical (unpaired) electrons. The second kappa shape index (κ2) is 6.99. The van der Waals surface area contributed by atoms with Gasteiger partial charge >= 0.3 is 6.09 Å². The van der Waals surface area contributed by atoms with E-state index < -0.39 is 24.6 Å². The van der Waals surface area contributed by atoms with Crippen LogP contribution in [0.15, 0.2) is 30.5 Å². The van der Waals surface area contributed by atoms with Gasteiger partial charge in [0, 0.05) is 12.1 Å². The summed E-state index contributed by atoms with van der Waals surface area (Å²) in [4.78, 5) is 37.0. The zero-order valence-corrected chi connectivity index (χ0v) is 13.1. The topological polar surface area (TPSA) is 140 Å². The van der Waals surface area contributed by atoms with E-state index in [0.717, 1.165) is 5.56 Å². The molecule has 2 aromatic rings. The lowest BCUT2D eigenvalue weighted by Crippen LogP contribution is -2.50. The van der Waals surface area contributed by atoms with E-state index in [1.54, 1.807) is 12.1 Å². The van der Waals surface area contributed by atoms with E-state index in [9.17, 15) is 14.4 Å². The summed E-state index contributed by atoms with van der Waals surface area (Å²) in [5.41, 5.74) is 2.03. The number of nitrogens with zero attached hydrogens (tertiary/aromatic N) is 3. The number of hydrogen-bond donors (Lipinski definition) is 4. The predicted octanol–water partition coefficient (Wildman–Crippen LogP) is -0.354. The number of benzene rings is 1. The number of carboxylic acid groups (broad SMARTS) is 1. The van der Waals surface area contributed by atoms with Crippen LogP contribution in [0.25, 0.3) is 0 Å². The van der Waals surface area contributed by atoms with Crippen LogP contribution in [-0.2, 0) is 22.6 Å². The highest BCUT2D eigenvalue weighted by molar-refractivity contribution is 6.04. The van der Waals surface area contributed by atoms with Crippen LogP contribution in [0.3, 0.4) is 0 Å². The van der Waals surface area contributed by atoms with Crippen LogP contribution in [0, 0.1) is 0 Å². The van der Waals surface area contributed by atoms with Crippen molar-refractivity contribution in [3.63, 3.8) is 0 Å². The molecule has 0 aliphatic carbocycles. The van der Waals surface area contributed by atoms with Gasteiger partial charge in [0.05, 0.1) is 12.7 Å². The first-order chi connectivity index (χ1) is 12.1. The number of H-pyrrole nitrogens is 1. The SMILES string of the molecule is O=C(O)NCC(=O)N1c2ccccc2CC1C(=O)NCc1cn[nH]n1. The average molecular weight is 344 g/mol. The summed E-state index contributed by atoms with van der Waals surface area (Å²) in [5, 5.41) is 23.4. The molecule has 1 unspecified atom stereocenters. The number of rotatable bonds is 5. The first kappa shape index (κ1) is 16.4. The second-order valence-corrected chi connectivity index (χ2v) is 5.45. The quantitative estimate of drug-likeness (QED) is 0.584. The number of hydrogen-bond acceptors (Lipinski definition) is 5. The largest absolute Gasteiger partial charge is 0.465 e. The van der Waals surface area contributed by atoms with Gasteiger partial charge in [-0.3, -0.25) is 14.5 Å². The molecule has 1 aromatic heterocycles. The van der Waals surface area contributed by atoms with Crippen molar-refractivity contribution in [1.29, 1.82) is 0 Å². The maximum atomic E-state index is 12.6. The summed E-state index contributed by atoms with van der Waals surface area (Å²) in [6.45, 7) is -0.228. The molecular weight excluding hydrogens is 328 g/mol. The molecule has 25 heavy (non-hydrogen) atoms. The number of para-hydroxylation sites is 1. The second-order valence-electron chi connectivity index (χ2n) is 5.45. The fourth-order valence-corrected chi connectivity index (χ4v) is 2.75. The van der Waals surface area contributed by atoms with Gasteiger partial charge in [-0.25, -0.2) is 4.79 Å². The predicted molar refractivity (Wildman–Crippen MR) is 85.7 cm³/mol. The fourth-order valence-electron chi connectivity index (χ4n) is 2.75. The molecule has 1 atom stereocenters. The summed E-state index contributed by atoms with van der Waals surface area (Å²) in [6, 6.07) is 6.42. The molecule has 1 aromatic carbocycles. The smallest absolute Gasteiger partial charge is 0.405 e. The molecule has 10 heteroatoms. The number of amides is 3. The zero-order valence-electron chi connectivity index (χ0n) is 13.1. The minimum absolute atomic E-state index is 0.178. The number of fused-ring (bicyclic) bond motifs is 1. The van der Waals surface area contributed by atoms with E-state index in [1.807, 2.05) is 17.4 Å². The minimum Gasteiger partial charge on any atom is -0.465 e. The van der Waals surface area contributed by atoms with Crippen LogP contribution in [0.5, 0.6) is 0 Å². The Kier molecular flexibility index (Phi) is 4.59. The lowest BCUT2D eigenvalue weighted by molar-refractivity contribution is -0.126. The maximum Gasteiger partial charge on any atom is 0.405 e. The van der Waals surface area contributed by atoms with E-state index >= 15 is 0 Å². The summed E-state index contributed by atoms with van der Waals surface area (Å²) in [6.07, 6.45) is 0.552. The first-order valence-electron chi connectivity index (χ1n) is 7.55. The molecule has 0 saturated carbocycles. The molecule has 0 fully saturated rings. The molecule has 3 amide bonds. The van der Waals surface area contributed by atoms with Gasteiger partial charge in [-0.2, -0.15) is 15.4 Å². The Morgan fingerprint density at radius 1 is 1.28 bits per heavy atom. The Labute approximate surface area is 142 Å². The van der Waals surface area contributed by atoms with Crippen LogP contribution in [-0.4, -0.2) is 51.0 Å². The summed E-state index contributed by atoms with van der Waals surface area (Å²) < 4.78 is 0. The monoisotopic (exact) mass is 344 g/mol. The highest BCUT2D eigenvalue weighted by atomic mass is 16.4. The zero-order chi connectivity index (χ0) is 17.8. The Balaban J connectivity index is 1.75. The summed E-state index contributed by atoms with van der Waals surface area (Å²) >= 11 is 0. The van der Waals surface area contributed by atoms with E-state index in [2.05, 4.69) is 20.7 Å². The Hall–Kier alpha value is -3.43. The lowest BCUT2D eigenvalue weighted by atomic mass is 10.1. The van der Waals surface area contributed by atoms with Crippen LogP contribution >= 0.6 is 0 Å². The third kappa shape index (κ3) is 3.57. The van der Waals surface area contributed by atoms with E-state index in [1.165, 1.54) is 11.1 Å². The van der Waals surface area contributed by atoms with Gasteiger partial charge < -0.3 is 15.7 Å². The molecule has 130 valence electrons. The molecular formula is C15H16N6O4. The van der Waals surface area contributed by atoms with Crippen LogP contribution in [0.4, 0.5) is 10.5 Å². The number of carbonyl (C=O) groups is 3. The number of aromatic amines is 1. The lowest BCUT2D eigenvalue weighted by Gasteiger charge is -2.24. The van der Waals surface area contributed by atoms with Crippen LogP contribution in [0.2, 0.25) is 0 Å². The molecule has 2 heterocycles. The van der Waals surface area contributed by atoms with Crippen LogP contribution in [0.1, 0.15) is 11.3 Å². The van der Waals surface area contributed by atoms with Gasteiger partial charge in [0.1, 0.15) is 18.3 Å². The van der Waals surface area contributed by atoms with Gasteiger partial charge in [0.15, 0.2) is 0 Å². The highest BCUT2D eigenvalue weighted by Gasteiger charge is 2.38. The number of aromatic nitrogens is 3. The number of carbonyl (C=O) groups excluding carboxylic acids is 2. The maximum absolute atomic E-state index is 12.6. The number of anilines is 1. The summed E-state index contributed by atoms with van der Waals surface area (Å²) in [5.74, 6) is -0.836. The molecule has 0 spiro atoms. The van der Waals surface area contributed by atoms with Crippen LogP contribution < -0.4 is 15.5 Å². The van der Waals surface area contributed by atoms with Crippen molar-refractivity contribution < 1.29 is 19.5 Å².